The fourth-order valence-electron chi connectivity index (χ4n) is 0.922. The Morgan fingerprint density at radius 2 is 2.14 bits per heavy atom. The van der Waals surface area contributed by atoms with Crippen LogP contribution in [0.2, 0.25) is 5.02 Å². The number of hydrogen-bond donors (Lipinski definition) is 0. The van der Waals surface area contributed by atoms with Gasteiger partial charge < -0.3 is 4.74 Å². The molecule has 0 heterocycles. The molecule has 0 atom stereocenters. The SMILES string of the molecule is C=NS(=O)(=O)c1cc(Cl)ccc1OC. The molecule has 1 aromatic rings. The Labute approximate surface area is 87.2 Å². The van der Waals surface area contributed by atoms with Gasteiger partial charge in [0.15, 0.2) is 0 Å². The summed E-state index contributed by atoms with van der Waals surface area (Å²) in [6.07, 6.45) is 0. The van der Waals surface area contributed by atoms with Gasteiger partial charge in [0.2, 0.25) is 0 Å². The summed E-state index contributed by atoms with van der Waals surface area (Å²) in [7, 11) is -2.39. The van der Waals surface area contributed by atoms with Crippen LogP contribution in [0.3, 0.4) is 0 Å². The summed E-state index contributed by atoms with van der Waals surface area (Å²) in [6, 6.07) is 4.26. The van der Waals surface area contributed by atoms with Crippen LogP contribution < -0.4 is 4.74 Å². The molecule has 4 nitrogen and oxygen atoms in total. The molecule has 0 aliphatic carbocycles. The molecule has 0 saturated carbocycles. The highest BCUT2D eigenvalue weighted by molar-refractivity contribution is 7.90. The molecule has 6 heteroatoms. The van der Waals surface area contributed by atoms with E-state index in [1.54, 1.807) is 0 Å². The van der Waals surface area contributed by atoms with Crippen LogP contribution in [0.15, 0.2) is 27.5 Å². The second-order valence-electron chi connectivity index (χ2n) is 2.40. The molecule has 1 rings (SSSR count). The number of hydrogen-bond acceptors (Lipinski definition) is 3. The predicted octanol–water partition coefficient (Wildman–Crippen LogP) is 1.74. The lowest BCUT2D eigenvalue weighted by atomic mass is 10.3. The van der Waals surface area contributed by atoms with Gasteiger partial charge in [-0.1, -0.05) is 11.6 Å². The summed E-state index contributed by atoms with van der Waals surface area (Å²) < 4.78 is 30.6. The first-order chi connectivity index (χ1) is 6.51. The zero-order valence-corrected chi connectivity index (χ0v) is 8.97. The van der Waals surface area contributed by atoms with Gasteiger partial charge in [-0.05, 0) is 18.2 Å². The highest BCUT2D eigenvalue weighted by Gasteiger charge is 2.17. The molecule has 0 saturated heterocycles. The van der Waals surface area contributed by atoms with Crippen molar-refractivity contribution in [1.82, 2.24) is 0 Å². The maximum atomic E-state index is 11.4. The zero-order valence-electron chi connectivity index (χ0n) is 7.40. The molecule has 0 fully saturated rings. The van der Waals surface area contributed by atoms with E-state index < -0.39 is 10.0 Å². The standard InChI is InChI=1S/C8H8ClNO3S/c1-10-14(11,12)8-5-6(9)3-4-7(8)13-2/h3-5H,1H2,2H3. The van der Waals surface area contributed by atoms with E-state index in [0.29, 0.717) is 5.02 Å². The topological polar surface area (TPSA) is 55.7 Å². The third kappa shape index (κ3) is 2.05. The maximum absolute atomic E-state index is 11.4. The van der Waals surface area contributed by atoms with E-state index in [0.717, 1.165) is 0 Å². The van der Waals surface area contributed by atoms with E-state index in [1.165, 1.54) is 25.3 Å². The van der Waals surface area contributed by atoms with Crippen LogP contribution in [0, 0.1) is 0 Å². The largest absolute Gasteiger partial charge is 0.495 e. The first-order valence-corrected chi connectivity index (χ1v) is 5.39. The number of halogens is 1. The first-order valence-electron chi connectivity index (χ1n) is 3.58. The predicted molar refractivity (Wildman–Crippen MR) is 54.7 cm³/mol. The molecule has 0 spiro atoms. The average molecular weight is 234 g/mol. The smallest absolute Gasteiger partial charge is 0.285 e. The van der Waals surface area contributed by atoms with Gasteiger partial charge in [0.25, 0.3) is 10.0 Å². The Kier molecular flexibility index (Phi) is 3.13. The minimum atomic E-state index is -3.76. The summed E-state index contributed by atoms with van der Waals surface area (Å²) >= 11 is 5.65. The molecule has 76 valence electrons. The van der Waals surface area contributed by atoms with Crippen LogP contribution in [-0.4, -0.2) is 22.2 Å². The minimum Gasteiger partial charge on any atom is -0.495 e. The Morgan fingerprint density at radius 1 is 1.50 bits per heavy atom. The Balaban J connectivity index is 3.46. The Bertz CT molecular complexity index is 456. The van der Waals surface area contributed by atoms with Crippen LogP contribution in [0.1, 0.15) is 0 Å². The van der Waals surface area contributed by atoms with Crippen molar-refractivity contribution in [2.24, 2.45) is 4.40 Å². The molecule has 0 amide bonds. The molecular formula is C8H8ClNO3S. The van der Waals surface area contributed by atoms with Crippen LogP contribution >= 0.6 is 11.6 Å². The molecule has 0 aromatic heterocycles. The molecule has 1 aromatic carbocycles. The second kappa shape index (κ2) is 3.98. The second-order valence-corrected chi connectivity index (χ2v) is 4.48. The highest BCUT2D eigenvalue weighted by Crippen LogP contribution is 2.27. The van der Waals surface area contributed by atoms with Crippen LogP contribution in [0.25, 0.3) is 0 Å². The number of ether oxygens (including phenoxy) is 1. The lowest BCUT2D eigenvalue weighted by Crippen LogP contribution is -1.99. The number of rotatable bonds is 3. The minimum absolute atomic E-state index is 0.0810. The van der Waals surface area contributed by atoms with E-state index in [1.807, 2.05) is 0 Å². The fourth-order valence-corrected chi connectivity index (χ4v) is 1.98. The van der Waals surface area contributed by atoms with Crippen molar-refractivity contribution < 1.29 is 13.2 Å². The molecule has 0 aliphatic heterocycles. The fraction of sp³-hybridized carbons (Fsp3) is 0.125. The molecule has 0 N–H and O–H groups in total. The lowest BCUT2D eigenvalue weighted by Gasteiger charge is -2.05. The van der Waals surface area contributed by atoms with Crippen molar-refractivity contribution in [3.63, 3.8) is 0 Å². The highest BCUT2D eigenvalue weighted by atomic mass is 35.5. The van der Waals surface area contributed by atoms with Crippen LogP contribution in [0.4, 0.5) is 0 Å². The van der Waals surface area contributed by atoms with Crippen LogP contribution in [0.5, 0.6) is 5.75 Å². The van der Waals surface area contributed by atoms with Gasteiger partial charge in [0.1, 0.15) is 10.6 Å². The van der Waals surface area contributed by atoms with Gasteiger partial charge in [0, 0.05) is 11.7 Å². The number of nitrogens with zero attached hydrogens (tertiary/aromatic N) is 1. The molecular weight excluding hydrogens is 226 g/mol. The summed E-state index contributed by atoms with van der Waals surface area (Å²) in [5.41, 5.74) is 0. The number of benzene rings is 1. The van der Waals surface area contributed by atoms with Crippen molar-refractivity contribution in [3.05, 3.63) is 23.2 Å². The van der Waals surface area contributed by atoms with Crippen molar-refractivity contribution in [1.29, 1.82) is 0 Å². The maximum Gasteiger partial charge on any atom is 0.285 e. The Morgan fingerprint density at radius 3 is 2.64 bits per heavy atom. The van der Waals surface area contributed by atoms with E-state index in [4.69, 9.17) is 16.3 Å². The lowest BCUT2D eigenvalue weighted by molar-refractivity contribution is 0.403. The van der Waals surface area contributed by atoms with Crippen molar-refractivity contribution in [2.75, 3.05) is 7.11 Å². The van der Waals surface area contributed by atoms with E-state index in [2.05, 4.69) is 11.1 Å². The van der Waals surface area contributed by atoms with Gasteiger partial charge in [0.05, 0.1) is 7.11 Å². The van der Waals surface area contributed by atoms with Crippen LogP contribution in [-0.2, 0) is 10.0 Å². The normalized spacial score (nSPS) is 11.0. The monoisotopic (exact) mass is 233 g/mol. The zero-order chi connectivity index (χ0) is 10.8. The molecule has 0 unspecified atom stereocenters. The Hall–Kier alpha value is -1.07. The van der Waals surface area contributed by atoms with Crippen molar-refractivity contribution in [2.45, 2.75) is 4.90 Å². The number of sulfonamides is 1. The van der Waals surface area contributed by atoms with E-state index in [-0.39, 0.29) is 10.6 Å². The average Bonchev–Trinajstić information content (AvgIpc) is 2.18. The van der Waals surface area contributed by atoms with Gasteiger partial charge >= 0.3 is 0 Å². The van der Waals surface area contributed by atoms with Crippen molar-refractivity contribution in [3.8, 4) is 5.75 Å². The number of methoxy groups -OCH3 is 1. The summed E-state index contributed by atoms with van der Waals surface area (Å²) in [5, 5.41) is 0.299. The molecule has 0 bridgehead atoms. The summed E-state index contributed by atoms with van der Waals surface area (Å²) in [4.78, 5) is -0.0810. The third-order valence-electron chi connectivity index (χ3n) is 1.57. The van der Waals surface area contributed by atoms with Gasteiger partial charge in [-0.25, -0.2) is 0 Å². The van der Waals surface area contributed by atoms with Gasteiger partial charge in [-0.2, -0.15) is 12.8 Å². The molecule has 0 radical (unpaired) electrons. The molecule has 14 heavy (non-hydrogen) atoms. The van der Waals surface area contributed by atoms with Gasteiger partial charge in [-0.15, -0.1) is 0 Å². The molecule has 0 aliphatic rings. The van der Waals surface area contributed by atoms with Gasteiger partial charge in [-0.3, -0.25) is 0 Å². The van der Waals surface area contributed by atoms with Crippen molar-refractivity contribution >= 4 is 28.3 Å². The summed E-state index contributed by atoms with van der Waals surface area (Å²) in [6.45, 7) is 2.98. The van der Waals surface area contributed by atoms with E-state index in [9.17, 15) is 8.42 Å². The third-order valence-corrected chi connectivity index (χ3v) is 3.02. The quantitative estimate of drug-likeness (QED) is 0.748. The summed E-state index contributed by atoms with van der Waals surface area (Å²) in [5.74, 6) is 0.196. The first kappa shape index (κ1) is 11.0. The van der Waals surface area contributed by atoms with E-state index >= 15 is 0 Å².